The molecule has 4 aromatic rings. The SMILES string of the molecule is CCOC(=O)C1=C(C)Oc2nc(C)n(Cc3cc(-c4ccc([N+](=O)[O-])cc4)no3)c(=O)c2C1c1ccc(C)cc1. The van der Waals surface area contributed by atoms with E-state index < -0.39 is 22.4 Å². The maximum atomic E-state index is 14.0. The highest BCUT2D eigenvalue weighted by Crippen LogP contribution is 2.41. The zero-order valence-electron chi connectivity index (χ0n) is 22.3. The van der Waals surface area contributed by atoms with Crippen LogP contribution < -0.4 is 10.3 Å². The molecule has 3 heterocycles. The van der Waals surface area contributed by atoms with Crippen molar-refractivity contribution in [1.82, 2.24) is 14.7 Å². The van der Waals surface area contributed by atoms with Gasteiger partial charge < -0.3 is 14.0 Å². The monoisotopic (exact) mass is 542 g/mol. The van der Waals surface area contributed by atoms with Crippen LogP contribution in [0.25, 0.3) is 11.3 Å². The van der Waals surface area contributed by atoms with Crippen LogP contribution in [-0.4, -0.2) is 32.2 Å². The van der Waals surface area contributed by atoms with Crippen molar-refractivity contribution in [3.05, 3.63) is 115 Å². The van der Waals surface area contributed by atoms with Crippen LogP contribution in [0.4, 0.5) is 5.69 Å². The van der Waals surface area contributed by atoms with Crippen molar-refractivity contribution < 1.29 is 23.7 Å². The number of ether oxygens (including phenoxy) is 2. The van der Waals surface area contributed by atoms with Gasteiger partial charge in [-0.1, -0.05) is 35.0 Å². The molecule has 0 saturated heterocycles. The van der Waals surface area contributed by atoms with Gasteiger partial charge in [-0.05, 0) is 45.4 Å². The van der Waals surface area contributed by atoms with Crippen molar-refractivity contribution in [3.63, 3.8) is 0 Å². The zero-order chi connectivity index (χ0) is 28.6. The number of esters is 1. The average Bonchev–Trinajstić information content (AvgIpc) is 3.39. The summed E-state index contributed by atoms with van der Waals surface area (Å²) < 4.78 is 18.2. The number of allylic oxidation sites excluding steroid dienone is 1. The van der Waals surface area contributed by atoms with E-state index in [0.29, 0.717) is 28.6 Å². The lowest BCUT2D eigenvalue weighted by atomic mass is 9.83. The van der Waals surface area contributed by atoms with Crippen molar-refractivity contribution in [1.29, 1.82) is 0 Å². The second-order valence-corrected chi connectivity index (χ2v) is 9.39. The second-order valence-electron chi connectivity index (χ2n) is 9.39. The average molecular weight is 543 g/mol. The normalized spacial score (nSPS) is 14.4. The first-order chi connectivity index (χ1) is 19.2. The first kappa shape index (κ1) is 26.5. The third-order valence-electron chi connectivity index (χ3n) is 6.72. The minimum absolute atomic E-state index is 0.0168. The standard InChI is InChI=1S/C29H26N4O7/c1-5-38-29(35)24-17(3)39-27-26(25(24)20-8-6-16(2)7-9-20)28(34)32(18(4)30-27)15-22-14-23(31-40-22)19-10-12-21(13-11-19)33(36)37/h6-14,25H,5,15H2,1-4H3. The molecule has 204 valence electrons. The Bertz CT molecular complexity index is 1700. The number of benzene rings is 2. The molecule has 5 rings (SSSR count). The summed E-state index contributed by atoms with van der Waals surface area (Å²) in [6, 6.07) is 15.2. The first-order valence-corrected chi connectivity index (χ1v) is 12.6. The van der Waals surface area contributed by atoms with Crippen LogP contribution in [-0.2, 0) is 16.1 Å². The van der Waals surface area contributed by atoms with E-state index in [0.717, 1.165) is 11.1 Å². The Morgan fingerprint density at radius 2 is 1.80 bits per heavy atom. The largest absolute Gasteiger partial charge is 0.463 e. The molecule has 2 aromatic heterocycles. The first-order valence-electron chi connectivity index (χ1n) is 12.6. The van der Waals surface area contributed by atoms with Gasteiger partial charge in [-0.25, -0.2) is 4.79 Å². The molecule has 40 heavy (non-hydrogen) atoms. The maximum Gasteiger partial charge on any atom is 0.338 e. The minimum atomic E-state index is -0.749. The highest BCUT2D eigenvalue weighted by atomic mass is 16.6. The number of fused-ring (bicyclic) bond motifs is 1. The van der Waals surface area contributed by atoms with Crippen molar-refractivity contribution in [2.24, 2.45) is 0 Å². The van der Waals surface area contributed by atoms with Crippen LogP contribution in [0.3, 0.4) is 0 Å². The van der Waals surface area contributed by atoms with E-state index in [4.69, 9.17) is 14.0 Å². The van der Waals surface area contributed by atoms with Crippen LogP contribution in [0, 0.1) is 24.0 Å². The Morgan fingerprint density at radius 3 is 2.45 bits per heavy atom. The molecule has 0 amide bonds. The van der Waals surface area contributed by atoms with Gasteiger partial charge in [0, 0.05) is 23.8 Å². The molecule has 11 nitrogen and oxygen atoms in total. The predicted octanol–water partition coefficient (Wildman–Crippen LogP) is 4.83. The van der Waals surface area contributed by atoms with E-state index >= 15 is 0 Å². The van der Waals surface area contributed by atoms with E-state index in [1.54, 1.807) is 39.0 Å². The number of hydrogen-bond donors (Lipinski definition) is 0. The van der Waals surface area contributed by atoms with E-state index in [1.807, 2.05) is 31.2 Å². The molecule has 0 radical (unpaired) electrons. The minimum Gasteiger partial charge on any atom is -0.463 e. The van der Waals surface area contributed by atoms with Gasteiger partial charge in [0.1, 0.15) is 17.3 Å². The summed E-state index contributed by atoms with van der Waals surface area (Å²) in [6.07, 6.45) is 0. The Labute approximate surface area is 228 Å². The van der Waals surface area contributed by atoms with Crippen molar-refractivity contribution >= 4 is 11.7 Å². The number of aromatic nitrogens is 3. The topological polar surface area (TPSA) is 140 Å². The number of nitrogens with zero attached hydrogens (tertiary/aromatic N) is 4. The summed E-state index contributed by atoms with van der Waals surface area (Å²) in [6.45, 7) is 7.19. The van der Waals surface area contributed by atoms with Gasteiger partial charge in [0.05, 0.1) is 35.1 Å². The molecule has 1 aliphatic rings. The van der Waals surface area contributed by atoms with Crippen molar-refractivity contribution in [2.45, 2.75) is 40.2 Å². The molecule has 1 atom stereocenters. The van der Waals surface area contributed by atoms with Gasteiger partial charge in [0.15, 0.2) is 5.76 Å². The third kappa shape index (κ3) is 4.89. The molecule has 11 heteroatoms. The number of nitro groups is 1. The summed E-state index contributed by atoms with van der Waals surface area (Å²) >= 11 is 0. The molecular formula is C29H26N4O7. The number of non-ortho nitro benzene ring substituents is 1. The van der Waals surface area contributed by atoms with Gasteiger partial charge in [-0.3, -0.25) is 19.5 Å². The van der Waals surface area contributed by atoms with Gasteiger partial charge in [-0.15, -0.1) is 0 Å². The lowest BCUT2D eigenvalue weighted by molar-refractivity contribution is -0.384. The zero-order valence-corrected chi connectivity index (χ0v) is 22.3. The lowest BCUT2D eigenvalue weighted by Gasteiger charge is -2.28. The second kappa shape index (κ2) is 10.6. The van der Waals surface area contributed by atoms with Crippen LogP contribution in [0.5, 0.6) is 5.88 Å². The summed E-state index contributed by atoms with van der Waals surface area (Å²) in [5.41, 5.74) is 2.88. The van der Waals surface area contributed by atoms with E-state index in [9.17, 15) is 19.7 Å². The Balaban J connectivity index is 1.56. The fraction of sp³-hybridized carbons (Fsp3) is 0.241. The van der Waals surface area contributed by atoms with Gasteiger partial charge >= 0.3 is 5.97 Å². The molecule has 0 spiro atoms. The summed E-state index contributed by atoms with van der Waals surface area (Å²) in [5.74, 6) is -0.0951. The number of carbonyl (C=O) groups is 1. The summed E-state index contributed by atoms with van der Waals surface area (Å²) in [7, 11) is 0. The fourth-order valence-electron chi connectivity index (χ4n) is 4.71. The molecule has 0 bridgehead atoms. The lowest BCUT2D eigenvalue weighted by Crippen LogP contribution is -2.34. The van der Waals surface area contributed by atoms with Crippen LogP contribution in [0.2, 0.25) is 0 Å². The predicted molar refractivity (Wildman–Crippen MR) is 144 cm³/mol. The number of aryl methyl sites for hydroxylation is 2. The van der Waals surface area contributed by atoms with Crippen LogP contribution in [0.1, 0.15) is 48.0 Å². The molecule has 0 N–H and O–H groups in total. The maximum absolute atomic E-state index is 14.0. The molecule has 0 saturated carbocycles. The summed E-state index contributed by atoms with van der Waals surface area (Å²) in [4.78, 5) is 42.2. The third-order valence-corrected chi connectivity index (χ3v) is 6.72. The molecule has 0 fully saturated rings. The molecule has 2 aromatic carbocycles. The van der Waals surface area contributed by atoms with E-state index in [-0.39, 0.29) is 35.9 Å². The quantitative estimate of drug-likeness (QED) is 0.182. The van der Waals surface area contributed by atoms with Crippen molar-refractivity contribution in [2.75, 3.05) is 6.61 Å². The van der Waals surface area contributed by atoms with Gasteiger partial charge in [0.2, 0.25) is 5.88 Å². The Kier molecular flexibility index (Phi) is 7.03. The van der Waals surface area contributed by atoms with Gasteiger partial charge in [-0.2, -0.15) is 4.98 Å². The van der Waals surface area contributed by atoms with E-state index in [2.05, 4.69) is 10.1 Å². The highest BCUT2D eigenvalue weighted by Gasteiger charge is 2.38. The van der Waals surface area contributed by atoms with Crippen LogP contribution in [0.15, 0.2) is 75.2 Å². The number of nitro benzene ring substituents is 1. The van der Waals surface area contributed by atoms with E-state index in [1.165, 1.54) is 16.7 Å². The number of rotatable bonds is 7. The van der Waals surface area contributed by atoms with Crippen molar-refractivity contribution in [3.8, 4) is 17.1 Å². The van der Waals surface area contributed by atoms with Crippen LogP contribution >= 0.6 is 0 Å². The fourth-order valence-corrected chi connectivity index (χ4v) is 4.71. The Hall–Kier alpha value is -5.06. The highest BCUT2D eigenvalue weighted by molar-refractivity contribution is 5.92. The Morgan fingerprint density at radius 1 is 1.10 bits per heavy atom. The summed E-state index contributed by atoms with van der Waals surface area (Å²) in [5, 5.41) is 15.0. The molecular weight excluding hydrogens is 516 g/mol. The van der Waals surface area contributed by atoms with Gasteiger partial charge in [0.25, 0.3) is 11.2 Å². The smallest absolute Gasteiger partial charge is 0.338 e. The number of hydrogen-bond acceptors (Lipinski definition) is 9. The molecule has 1 aliphatic heterocycles. The molecule has 1 unspecified atom stereocenters. The molecule has 0 aliphatic carbocycles. The number of carbonyl (C=O) groups excluding carboxylic acids is 1.